The molecule has 2 saturated carbocycles. The number of imide groups is 1. The van der Waals surface area contributed by atoms with Crippen molar-refractivity contribution < 1.29 is 19.1 Å². The van der Waals surface area contributed by atoms with E-state index in [1.165, 1.54) is 9.80 Å². The van der Waals surface area contributed by atoms with Crippen molar-refractivity contribution in [1.29, 1.82) is 0 Å². The number of benzene rings is 2. The van der Waals surface area contributed by atoms with Crippen LogP contribution >= 0.6 is 0 Å². The number of carbonyl (C=O) groups excluding carboxylic acids is 3. The number of likely N-dealkylation sites (tertiary alicyclic amines) is 1. The molecule has 6 nitrogen and oxygen atoms in total. The summed E-state index contributed by atoms with van der Waals surface area (Å²) >= 11 is 0. The van der Waals surface area contributed by atoms with Gasteiger partial charge in [-0.15, -0.1) is 0 Å². The van der Waals surface area contributed by atoms with Crippen molar-refractivity contribution in [3.63, 3.8) is 0 Å². The number of nitrogens with zero attached hydrogens (tertiary/aromatic N) is 2. The molecule has 7 rings (SSSR count). The standard InChI is InChI=1S/C27H26N2O4/c1-15-7-3-4-8-16(15)25(30)28(21-9-5-6-10-22(21)33-2)14-29-26(31)23-17-11-12-18(20-13-19(17)20)24(23)27(29)32/h3-12,17-20,23-24H,13-14H2,1-2H3/t17-,18+,19-,20-,23+,24+/m1/s1. The molecular formula is C27H26N2O4. The smallest absolute Gasteiger partial charge is 0.260 e. The fourth-order valence-electron chi connectivity index (χ4n) is 6.36. The Morgan fingerprint density at radius 3 is 2.21 bits per heavy atom. The summed E-state index contributed by atoms with van der Waals surface area (Å²) in [7, 11) is 1.55. The highest BCUT2D eigenvalue weighted by Crippen LogP contribution is 2.65. The topological polar surface area (TPSA) is 66.9 Å². The number of amides is 3. The van der Waals surface area contributed by atoms with Gasteiger partial charge in [0.15, 0.2) is 0 Å². The molecule has 4 aliphatic carbocycles. The first-order valence-corrected chi connectivity index (χ1v) is 11.6. The van der Waals surface area contributed by atoms with E-state index >= 15 is 0 Å². The average Bonchev–Trinajstić information content (AvgIpc) is 3.62. The molecule has 1 saturated heterocycles. The first kappa shape index (κ1) is 20.2. The van der Waals surface area contributed by atoms with Gasteiger partial charge in [0.1, 0.15) is 12.4 Å². The highest BCUT2D eigenvalue weighted by atomic mass is 16.5. The maximum Gasteiger partial charge on any atom is 0.260 e. The Hall–Kier alpha value is -3.41. The molecule has 6 atom stereocenters. The molecule has 1 aliphatic heterocycles. The van der Waals surface area contributed by atoms with Crippen LogP contribution in [0.4, 0.5) is 5.69 Å². The van der Waals surface area contributed by atoms with Gasteiger partial charge in [-0.3, -0.25) is 24.2 Å². The highest BCUT2D eigenvalue weighted by Gasteiger charge is 2.67. The van der Waals surface area contributed by atoms with Crippen LogP contribution < -0.4 is 9.64 Å². The number of para-hydroxylation sites is 2. The van der Waals surface area contributed by atoms with Crippen LogP contribution in [-0.2, 0) is 9.59 Å². The second-order valence-corrected chi connectivity index (χ2v) is 9.62. The number of allylic oxidation sites excluding steroid dienone is 2. The van der Waals surface area contributed by atoms with Gasteiger partial charge in [-0.05, 0) is 60.8 Å². The van der Waals surface area contributed by atoms with E-state index in [2.05, 4.69) is 12.2 Å². The number of carbonyl (C=O) groups is 3. The highest BCUT2D eigenvalue weighted by molar-refractivity contribution is 6.10. The van der Waals surface area contributed by atoms with Gasteiger partial charge in [-0.25, -0.2) is 0 Å². The third kappa shape index (κ3) is 2.89. The second kappa shape index (κ2) is 7.30. The zero-order valence-electron chi connectivity index (χ0n) is 18.7. The van der Waals surface area contributed by atoms with Crippen molar-refractivity contribution in [2.45, 2.75) is 13.3 Å². The second-order valence-electron chi connectivity index (χ2n) is 9.62. The fraction of sp³-hybridized carbons (Fsp3) is 0.370. The largest absolute Gasteiger partial charge is 0.495 e. The molecule has 168 valence electrons. The first-order chi connectivity index (χ1) is 16.0. The van der Waals surface area contributed by atoms with Gasteiger partial charge in [0, 0.05) is 5.56 Å². The van der Waals surface area contributed by atoms with Gasteiger partial charge < -0.3 is 4.74 Å². The monoisotopic (exact) mass is 442 g/mol. The molecule has 0 N–H and O–H groups in total. The lowest BCUT2D eigenvalue weighted by atomic mass is 9.63. The third-order valence-corrected chi connectivity index (χ3v) is 8.03. The third-order valence-electron chi connectivity index (χ3n) is 8.03. The minimum absolute atomic E-state index is 0.118. The summed E-state index contributed by atoms with van der Waals surface area (Å²) in [6.45, 7) is 1.76. The van der Waals surface area contributed by atoms with Gasteiger partial charge >= 0.3 is 0 Å². The van der Waals surface area contributed by atoms with Crippen LogP contribution in [0.3, 0.4) is 0 Å². The number of rotatable bonds is 5. The predicted octanol–water partition coefficient (Wildman–Crippen LogP) is 3.66. The van der Waals surface area contributed by atoms with Gasteiger partial charge in [0.05, 0.1) is 24.6 Å². The number of hydrogen-bond donors (Lipinski definition) is 0. The van der Waals surface area contributed by atoms with E-state index in [9.17, 15) is 14.4 Å². The van der Waals surface area contributed by atoms with Crippen molar-refractivity contribution in [2.24, 2.45) is 35.5 Å². The molecule has 5 aliphatic rings. The maximum atomic E-state index is 13.8. The van der Waals surface area contributed by atoms with Crippen molar-refractivity contribution in [3.8, 4) is 5.75 Å². The summed E-state index contributed by atoms with van der Waals surface area (Å²) in [5.41, 5.74) is 1.90. The minimum Gasteiger partial charge on any atom is -0.495 e. The lowest BCUT2D eigenvalue weighted by Crippen LogP contribution is -2.45. The number of ether oxygens (including phenoxy) is 1. The van der Waals surface area contributed by atoms with E-state index in [0.717, 1.165) is 12.0 Å². The van der Waals surface area contributed by atoms with Crippen LogP contribution in [0.5, 0.6) is 5.75 Å². The van der Waals surface area contributed by atoms with Crippen molar-refractivity contribution in [3.05, 3.63) is 71.8 Å². The van der Waals surface area contributed by atoms with Gasteiger partial charge in [0.2, 0.25) is 11.8 Å². The molecule has 0 spiro atoms. The van der Waals surface area contributed by atoms with Crippen molar-refractivity contribution in [2.75, 3.05) is 18.7 Å². The van der Waals surface area contributed by atoms with E-state index in [1.54, 1.807) is 25.3 Å². The fourth-order valence-corrected chi connectivity index (χ4v) is 6.36. The SMILES string of the molecule is COc1ccccc1N(CN1C(=O)[C@H]2[C@@H]3C=C[C@@H]([C@H]4C[C@H]34)[C@@H]2C1=O)C(=O)c1ccccc1C. The summed E-state index contributed by atoms with van der Waals surface area (Å²) in [4.78, 5) is 43.7. The van der Waals surface area contributed by atoms with Crippen LogP contribution in [-0.4, -0.2) is 36.4 Å². The number of methoxy groups -OCH3 is 1. The lowest BCUT2D eigenvalue weighted by molar-refractivity contribution is -0.140. The molecule has 3 amide bonds. The Morgan fingerprint density at radius 1 is 0.970 bits per heavy atom. The molecule has 3 fully saturated rings. The van der Waals surface area contributed by atoms with Crippen LogP contribution in [0, 0.1) is 42.4 Å². The molecule has 0 unspecified atom stereocenters. The Kier molecular flexibility index (Phi) is 4.47. The van der Waals surface area contributed by atoms with Gasteiger partial charge in [-0.1, -0.05) is 42.5 Å². The molecular weight excluding hydrogens is 416 g/mol. The number of aryl methyl sites for hydroxylation is 1. The minimum atomic E-state index is -0.288. The molecule has 2 aromatic rings. The quantitative estimate of drug-likeness (QED) is 0.524. The summed E-state index contributed by atoms with van der Waals surface area (Å²) in [6.07, 6.45) is 5.44. The summed E-state index contributed by atoms with van der Waals surface area (Å²) in [5.74, 6) is 0.758. The predicted molar refractivity (Wildman–Crippen MR) is 122 cm³/mol. The molecule has 2 aromatic carbocycles. The van der Waals surface area contributed by atoms with E-state index < -0.39 is 0 Å². The van der Waals surface area contributed by atoms with Crippen LogP contribution in [0.1, 0.15) is 22.3 Å². The Balaban J connectivity index is 1.38. The summed E-state index contributed by atoms with van der Waals surface area (Å²) < 4.78 is 5.53. The van der Waals surface area contributed by atoms with E-state index in [-0.39, 0.29) is 48.1 Å². The van der Waals surface area contributed by atoms with Gasteiger partial charge in [0.25, 0.3) is 5.91 Å². The zero-order chi connectivity index (χ0) is 22.9. The van der Waals surface area contributed by atoms with Crippen LogP contribution in [0.25, 0.3) is 0 Å². The maximum absolute atomic E-state index is 13.8. The lowest BCUT2D eigenvalue weighted by Gasteiger charge is -2.37. The number of anilines is 1. The Labute approximate surface area is 192 Å². The molecule has 1 heterocycles. The van der Waals surface area contributed by atoms with E-state index in [4.69, 9.17) is 4.74 Å². The number of hydrogen-bond acceptors (Lipinski definition) is 4. The molecule has 6 heteroatoms. The molecule has 0 radical (unpaired) electrons. The van der Waals surface area contributed by atoms with E-state index in [1.807, 2.05) is 37.3 Å². The Morgan fingerprint density at radius 2 is 1.58 bits per heavy atom. The van der Waals surface area contributed by atoms with Crippen molar-refractivity contribution >= 4 is 23.4 Å². The summed E-state index contributed by atoms with van der Waals surface area (Å²) in [6, 6.07) is 14.6. The summed E-state index contributed by atoms with van der Waals surface area (Å²) in [5, 5.41) is 0. The zero-order valence-corrected chi connectivity index (χ0v) is 18.7. The Bertz CT molecular complexity index is 1170. The molecule has 0 aromatic heterocycles. The van der Waals surface area contributed by atoms with Crippen LogP contribution in [0.2, 0.25) is 0 Å². The molecule has 2 bridgehead atoms. The first-order valence-electron chi connectivity index (χ1n) is 11.6. The molecule has 33 heavy (non-hydrogen) atoms. The van der Waals surface area contributed by atoms with E-state index in [0.29, 0.717) is 28.8 Å². The van der Waals surface area contributed by atoms with Gasteiger partial charge in [-0.2, -0.15) is 0 Å². The van der Waals surface area contributed by atoms with Crippen molar-refractivity contribution in [1.82, 2.24) is 4.90 Å². The van der Waals surface area contributed by atoms with Crippen LogP contribution in [0.15, 0.2) is 60.7 Å². The normalized spacial score (nSPS) is 30.8. The average molecular weight is 443 g/mol.